The Hall–Kier alpha value is -3.86. The molecule has 4 amide bonds. The van der Waals surface area contributed by atoms with Crippen molar-refractivity contribution >= 4 is 49.1 Å². The van der Waals surface area contributed by atoms with Gasteiger partial charge in [-0.25, -0.2) is 4.79 Å². The van der Waals surface area contributed by atoms with Crippen LogP contribution in [0, 0.1) is 5.92 Å². The number of methoxy groups -OCH3 is 1. The van der Waals surface area contributed by atoms with Crippen LogP contribution in [0.4, 0.5) is 0 Å². The zero-order chi connectivity index (χ0) is 43.6. The van der Waals surface area contributed by atoms with E-state index in [9.17, 15) is 38.2 Å². The van der Waals surface area contributed by atoms with Crippen LogP contribution in [0.2, 0.25) is 0 Å². The van der Waals surface area contributed by atoms with Crippen molar-refractivity contribution < 1.29 is 42.6 Å². The molecular formula is C42H60N5O11PS. The lowest BCUT2D eigenvalue weighted by Crippen LogP contribution is -2.40. The third-order valence-corrected chi connectivity index (χ3v) is 13.4. The molecule has 2 aromatic rings. The maximum Gasteiger partial charge on any atom is 0.330 e. The molecule has 7 atom stereocenters. The molecule has 3 fully saturated rings. The van der Waals surface area contributed by atoms with Crippen molar-refractivity contribution in [1.29, 1.82) is 0 Å². The molecule has 0 aliphatic carbocycles. The van der Waals surface area contributed by atoms with Crippen molar-refractivity contribution in [3.63, 3.8) is 0 Å². The van der Waals surface area contributed by atoms with E-state index in [0.29, 0.717) is 36.7 Å². The van der Waals surface area contributed by atoms with Crippen LogP contribution in [-0.4, -0.2) is 106 Å². The monoisotopic (exact) mass is 873 g/mol. The number of ether oxygens (including phenoxy) is 2. The third kappa shape index (κ3) is 13.1. The summed E-state index contributed by atoms with van der Waals surface area (Å²) < 4.78 is 29.0. The van der Waals surface area contributed by atoms with Crippen LogP contribution in [0.1, 0.15) is 113 Å². The van der Waals surface area contributed by atoms with Gasteiger partial charge in [-0.15, -0.1) is 0 Å². The van der Waals surface area contributed by atoms with Crippen LogP contribution < -0.4 is 21.9 Å². The molecule has 60 heavy (non-hydrogen) atoms. The summed E-state index contributed by atoms with van der Waals surface area (Å²) in [6.07, 6.45) is 8.62. The number of imide groups is 1. The highest BCUT2D eigenvalue weighted by atomic mass is 32.2. The Morgan fingerprint density at radius 2 is 1.73 bits per heavy atom. The lowest BCUT2D eigenvalue weighted by molar-refractivity contribution is -0.126. The highest BCUT2D eigenvalue weighted by Gasteiger charge is 2.50. The van der Waals surface area contributed by atoms with Crippen LogP contribution in [0.25, 0.3) is 6.08 Å². The van der Waals surface area contributed by atoms with Crippen LogP contribution in [0.5, 0.6) is 0 Å². The Labute approximate surface area is 355 Å². The van der Waals surface area contributed by atoms with E-state index in [1.54, 1.807) is 0 Å². The summed E-state index contributed by atoms with van der Waals surface area (Å²) in [6.45, 7) is 8.21. The number of carbonyl (C=O) groups excluding carboxylic acids is 4. The number of carbonyl (C=O) groups is 4. The molecular weight excluding hydrogens is 814 g/mol. The number of nitrogens with zero attached hydrogens (tertiary/aromatic N) is 2. The first-order valence-electron chi connectivity index (χ1n) is 20.7. The zero-order valence-electron chi connectivity index (χ0n) is 35.2. The Kier molecular flexibility index (Phi) is 16.7. The third-order valence-electron chi connectivity index (χ3n) is 11.2. The van der Waals surface area contributed by atoms with Crippen LogP contribution >= 0.6 is 19.4 Å². The van der Waals surface area contributed by atoms with E-state index in [1.807, 2.05) is 36.0 Å². The van der Waals surface area contributed by atoms with Crippen molar-refractivity contribution in [2.45, 2.75) is 120 Å². The summed E-state index contributed by atoms with van der Waals surface area (Å²) >= 11 is 1.84. The van der Waals surface area contributed by atoms with Gasteiger partial charge in [0.1, 0.15) is 12.3 Å². The maximum atomic E-state index is 13.4. The fourth-order valence-electron chi connectivity index (χ4n) is 7.85. The van der Waals surface area contributed by atoms with Crippen LogP contribution in [0.15, 0.2) is 46.1 Å². The number of nitrogens with one attached hydrogen (secondary N) is 3. The van der Waals surface area contributed by atoms with Crippen molar-refractivity contribution in [3.8, 4) is 0 Å². The SMILES string of the molecule is COC1C[C@H](n2cc(/C=C/C(=O)NCCCCCCNC(=O)CCCCC3SCC4C3CC(=O)N4C(=O)c3ccc(C(C)(C)C)cc3)c(=O)[nH]c2=O)O[C@@H]1COP(C)(=O)O. The number of fused-ring (bicyclic) bond motifs is 1. The second kappa shape index (κ2) is 21.3. The fraction of sp³-hybridized carbons (Fsp3) is 0.619. The summed E-state index contributed by atoms with van der Waals surface area (Å²) in [5, 5.41) is 6.07. The zero-order valence-corrected chi connectivity index (χ0v) is 36.9. The number of rotatable bonds is 20. The predicted octanol–water partition coefficient (Wildman–Crippen LogP) is 4.51. The van der Waals surface area contributed by atoms with E-state index in [0.717, 1.165) is 62.9 Å². The molecule has 1 aromatic carbocycles. The second-order valence-electron chi connectivity index (χ2n) is 16.8. The Morgan fingerprint density at radius 3 is 2.40 bits per heavy atom. The molecule has 0 radical (unpaired) electrons. The molecule has 5 rings (SSSR count). The van der Waals surface area contributed by atoms with Gasteiger partial charge in [0.2, 0.25) is 17.7 Å². The van der Waals surface area contributed by atoms with Gasteiger partial charge >= 0.3 is 13.3 Å². The molecule has 3 aliphatic heterocycles. The average Bonchev–Trinajstić information content (AvgIpc) is 3.88. The van der Waals surface area contributed by atoms with Gasteiger partial charge in [-0.05, 0) is 54.9 Å². The van der Waals surface area contributed by atoms with Crippen LogP contribution in [-0.2, 0) is 38.4 Å². The molecule has 1 aromatic heterocycles. The molecule has 4 heterocycles. The van der Waals surface area contributed by atoms with Crippen molar-refractivity contribution in [2.75, 3.05) is 39.2 Å². The summed E-state index contributed by atoms with van der Waals surface area (Å²) in [5.74, 6) is 0.227. The number of hydrogen-bond donors (Lipinski definition) is 4. The van der Waals surface area contributed by atoms with Crippen molar-refractivity contribution in [3.05, 3.63) is 74.1 Å². The molecule has 18 heteroatoms. The topological polar surface area (TPSA) is 215 Å². The Morgan fingerprint density at radius 1 is 1.03 bits per heavy atom. The number of amides is 4. The van der Waals surface area contributed by atoms with Gasteiger partial charge in [0.25, 0.3) is 11.5 Å². The Balaban J connectivity index is 0.920. The number of benzene rings is 1. The molecule has 16 nitrogen and oxygen atoms in total. The molecule has 0 bridgehead atoms. The summed E-state index contributed by atoms with van der Waals surface area (Å²) in [7, 11) is -2.31. The van der Waals surface area contributed by atoms with E-state index in [1.165, 1.54) is 34.9 Å². The number of aromatic amines is 1. The molecule has 0 saturated carbocycles. The number of thioether (sulfide) groups is 1. The second-order valence-corrected chi connectivity index (χ2v) is 20.0. The molecule has 5 unspecified atom stereocenters. The van der Waals surface area contributed by atoms with Gasteiger partial charge in [0, 0.05) is 80.9 Å². The van der Waals surface area contributed by atoms with Gasteiger partial charge in [-0.1, -0.05) is 52.2 Å². The number of aromatic nitrogens is 2. The minimum atomic E-state index is -3.76. The smallest absolute Gasteiger partial charge is 0.330 e. The highest BCUT2D eigenvalue weighted by molar-refractivity contribution is 8.00. The first-order chi connectivity index (χ1) is 28.4. The molecule has 3 aliphatic rings. The van der Waals surface area contributed by atoms with E-state index in [4.69, 9.17) is 14.0 Å². The highest BCUT2D eigenvalue weighted by Crippen LogP contribution is 2.45. The summed E-state index contributed by atoms with van der Waals surface area (Å²) in [6, 6.07) is 7.52. The number of unbranched alkanes of at least 4 members (excludes halogenated alkanes) is 4. The normalized spacial score (nSPS) is 23.8. The van der Waals surface area contributed by atoms with E-state index < -0.39 is 43.2 Å². The lowest BCUT2D eigenvalue weighted by Gasteiger charge is -2.23. The van der Waals surface area contributed by atoms with Gasteiger partial charge in [-0.2, -0.15) is 11.8 Å². The van der Waals surface area contributed by atoms with E-state index in [-0.39, 0.29) is 53.7 Å². The first kappa shape index (κ1) is 47.2. The van der Waals surface area contributed by atoms with Crippen LogP contribution in [0.3, 0.4) is 0 Å². The van der Waals surface area contributed by atoms with E-state index in [2.05, 4.69) is 36.4 Å². The lowest BCUT2D eigenvalue weighted by atomic mass is 9.86. The van der Waals surface area contributed by atoms with Crippen molar-refractivity contribution in [1.82, 2.24) is 25.1 Å². The minimum absolute atomic E-state index is 0.0188. The minimum Gasteiger partial charge on any atom is -0.378 e. The largest absolute Gasteiger partial charge is 0.378 e. The first-order valence-corrected chi connectivity index (χ1v) is 23.8. The van der Waals surface area contributed by atoms with Crippen molar-refractivity contribution in [2.24, 2.45) is 5.92 Å². The number of likely N-dealkylation sites (tertiary alicyclic amines) is 1. The summed E-state index contributed by atoms with van der Waals surface area (Å²) in [5.41, 5.74) is 0.335. The van der Waals surface area contributed by atoms with Gasteiger partial charge < -0.3 is 29.5 Å². The van der Waals surface area contributed by atoms with E-state index >= 15 is 0 Å². The van der Waals surface area contributed by atoms with Gasteiger partial charge in [0.15, 0.2) is 0 Å². The fourth-order valence-corrected chi connectivity index (χ4v) is 9.97. The maximum absolute atomic E-state index is 13.4. The quantitative estimate of drug-likeness (QED) is 0.0626. The number of hydrogen-bond acceptors (Lipinski definition) is 11. The van der Waals surface area contributed by atoms with Gasteiger partial charge in [0.05, 0.1) is 24.3 Å². The summed E-state index contributed by atoms with van der Waals surface area (Å²) in [4.78, 5) is 89.4. The molecule has 330 valence electrons. The Bertz CT molecular complexity index is 2020. The number of H-pyrrole nitrogens is 1. The average molecular weight is 874 g/mol. The molecule has 4 N–H and O–H groups in total. The molecule has 0 spiro atoms. The molecule has 3 saturated heterocycles. The predicted molar refractivity (Wildman–Crippen MR) is 229 cm³/mol. The standard InChI is InChI=1S/C42H60N5O11PS/c1-42(2,3)29-17-14-27(15-18-29)40(52)47-31-26-60-34(30(31)22-37(47)50)12-8-9-13-35(48)43-20-10-6-7-11-21-44-36(49)19-16-28-24-46(41(53)45-39(28)51)38-23-32(56-4)33(58-38)25-57-59(5,54)55/h14-19,24,30-34,38H,6-13,20-23,25-26H2,1-5H3,(H,43,48)(H,44,49)(H,54,55)(H,45,51,53)/b19-16+/t30?,31?,32?,33-,34?,38-/m1/s1. The van der Waals surface area contributed by atoms with Gasteiger partial charge in [-0.3, -0.25) is 43.0 Å².